The van der Waals surface area contributed by atoms with Crippen molar-refractivity contribution in [2.24, 2.45) is 11.8 Å². The molecule has 2 atom stereocenters. The van der Waals surface area contributed by atoms with Gasteiger partial charge in [0.1, 0.15) is 13.2 Å². The topological polar surface area (TPSA) is 71.1 Å². The van der Waals surface area contributed by atoms with Crippen LogP contribution in [0.4, 0.5) is 9.59 Å². The first-order valence-electron chi connectivity index (χ1n) is 5.94. The van der Waals surface area contributed by atoms with Crippen molar-refractivity contribution in [1.29, 1.82) is 0 Å². The Bertz CT molecular complexity index is 282. The second-order valence-corrected chi connectivity index (χ2v) is 3.70. The molecule has 0 heterocycles. The smallest absolute Gasteiger partial charge is 0.435 e. The van der Waals surface area contributed by atoms with E-state index in [1.807, 2.05) is 12.2 Å². The molecule has 0 amide bonds. The largest absolute Gasteiger partial charge is 0.508 e. The maximum atomic E-state index is 11.0. The van der Waals surface area contributed by atoms with E-state index in [0.29, 0.717) is 0 Å². The van der Waals surface area contributed by atoms with Gasteiger partial charge in [0.2, 0.25) is 0 Å². The molecule has 0 aromatic carbocycles. The van der Waals surface area contributed by atoms with Gasteiger partial charge >= 0.3 is 12.3 Å². The molecule has 1 aliphatic carbocycles. The van der Waals surface area contributed by atoms with Crippen molar-refractivity contribution >= 4 is 12.3 Å². The highest BCUT2D eigenvalue weighted by Crippen LogP contribution is 2.26. The molecule has 0 bridgehead atoms. The van der Waals surface area contributed by atoms with Gasteiger partial charge in [-0.1, -0.05) is 12.2 Å². The Morgan fingerprint density at radius 1 is 0.833 bits per heavy atom. The lowest BCUT2D eigenvalue weighted by atomic mass is 9.83. The predicted octanol–water partition coefficient (Wildman–Crippen LogP) is 2.13. The van der Waals surface area contributed by atoms with Gasteiger partial charge in [-0.25, -0.2) is 9.59 Å². The molecule has 0 radical (unpaired) electrons. The Hall–Kier alpha value is -1.72. The lowest BCUT2D eigenvalue weighted by molar-refractivity contribution is 0.0260. The van der Waals surface area contributed by atoms with E-state index in [1.54, 1.807) is 13.8 Å². The summed E-state index contributed by atoms with van der Waals surface area (Å²) in [7, 11) is 0. The zero-order chi connectivity index (χ0) is 13.4. The van der Waals surface area contributed by atoms with E-state index in [2.05, 4.69) is 9.47 Å². The van der Waals surface area contributed by atoms with Crippen molar-refractivity contribution in [2.75, 3.05) is 26.4 Å². The van der Waals surface area contributed by atoms with E-state index in [9.17, 15) is 9.59 Å². The number of carbonyl (C=O) groups is 2. The van der Waals surface area contributed by atoms with Gasteiger partial charge in [-0.15, -0.1) is 0 Å². The van der Waals surface area contributed by atoms with Gasteiger partial charge in [0, 0.05) is 11.8 Å². The van der Waals surface area contributed by atoms with Crippen LogP contribution in [0.25, 0.3) is 0 Å². The van der Waals surface area contributed by atoms with Gasteiger partial charge in [-0.2, -0.15) is 0 Å². The molecule has 0 saturated carbocycles. The molecule has 1 rings (SSSR count). The standard InChI is InChI=1S/C12H18O6/c1-3-15-11(13)17-7-9-5-6-10(9)8-18-12(14)16-4-2/h5-6,9-10H,3-4,7-8H2,1-2H3/t9-,10+. The maximum absolute atomic E-state index is 11.0. The third kappa shape index (κ3) is 4.65. The molecule has 0 fully saturated rings. The first-order valence-corrected chi connectivity index (χ1v) is 5.94. The quantitative estimate of drug-likeness (QED) is 0.537. The number of ether oxygens (including phenoxy) is 4. The average Bonchev–Trinajstić information content (AvgIpc) is 2.28. The van der Waals surface area contributed by atoms with Gasteiger partial charge in [0.25, 0.3) is 0 Å². The first kappa shape index (κ1) is 14.3. The minimum Gasteiger partial charge on any atom is -0.435 e. The number of carbonyl (C=O) groups excluding carboxylic acids is 2. The summed E-state index contributed by atoms with van der Waals surface area (Å²) in [5.41, 5.74) is 0. The highest BCUT2D eigenvalue weighted by atomic mass is 16.7. The summed E-state index contributed by atoms with van der Waals surface area (Å²) in [6, 6.07) is 0. The van der Waals surface area contributed by atoms with Crippen molar-refractivity contribution < 1.29 is 28.5 Å². The molecule has 0 spiro atoms. The second-order valence-electron chi connectivity index (χ2n) is 3.70. The van der Waals surface area contributed by atoms with Crippen molar-refractivity contribution in [3.8, 4) is 0 Å². The second kappa shape index (κ2) is 7.58. The molecule has 0 N–H and O–H groups in total. The monoisotopic (exact) mass is 258 g/mol. The zero-order valence-corrected chi connectivity index (χ0v) is 10.6. The maximum Gasteiger partial charge on any atom is 0.508 e. The van der Waals surface area contributed by atoms with Gasteiger partial charge < -0.3 is 18.9 Å². The SMILES string of the molecule is CCOC(=O)OC[C@H]1C=C[C@H]1COC(=O)OCC. The summed E-state index contributed by atoms with van der Waals surface area (Å²) in [6.45, 7) is 4.45. The Kier molecular flexibility index (Phi) is 6.04. The van der Waals surface area contributed by atoms with Gasteiger partial charge in [-0.05, 0) is 13.8 Å². The molecule has 1 aliphatic rings. The number of hydrogen-bond acceptors (Lipinski definition) is 6. The Labute approximate surface area is 106 Å². The highest BCUT2D eigenvalue weighted by Gasteiger charge is 2.27. The Morgan fingerprint density at radius 3 is 1.50 bits per heavy atom. The van der Waals surface area contributed by atoms with E-state index >= 15 is 0 Å². The summed E-state index contributed by atoms with van der Waals surface area (Å²) < 4.78 is 19.0. The van der Waals surface area contributed by atoms with Gasteiger partial charge in [0.15, 0.2) is 0 Å². The molecule has 0 unspecified atom stereocenters. The third-order valence-electron chi connectivity index (χ3n) is 2.47. The Morgan fingerprint density at radius 2 is 1.22 bits per heavy atom. The highest BCUT2D eigenvalue weighted by molar-refractivity contribution is 5.60. The van der Waals surface area contributed by atoms with Gasteiger partial charge in [-0.3, -0.25) is 0 Å². The fraction of sp³-hybridized carbons (Fsp3) is 0.667. The van der Waals surface area contributed by atoms with Crippen LogP contribution in [0.2, 0.25) is 0 Å². The molecular weight excluding hydrogens is 240 g/mol. The fourth-order valence-electron chi connectivity index (χ4n) is 1.43. The fourth-order valence-corrected chi connectivity index (χ4v) is 1.43. The van der Waals surface area contributed by atoms with Crippen LogP contribution in [0.3, 0.4) is 0 Å². The first-order chi connectivity index (χ1) is 8.67. The molecule has 0 aliphatic heterocycles. The molecule has 102 valence electrons. The van der Waals surface area contributed by atoms with E-state index in [-0.39, 0.29) is 38.3 Å². The molecule has 6 nitrogen and oxygen atoms in total. The number of rotatable bonds is 6. The normalized spacial score (nSPS) is 20.8. The zero-order valence-electron chi connectivity index (χ0n) is 10.6. The summed E-state index contributed by atoms with van der Waals surface area (Å²) in [5.74, 6) is 0.118. The minimum absolute atomic E-state index is 0.0591. The molecule has 0 aromatic heterocycles. The number of hydrogen-bond donors (Lipinski definition) is 0. The van der Waals surface area contributed by atoms with E-state index in [1.165, 1.54) is 0 Å². The van der Waals surface area contributed by atoms with E-state index in [0.717, 1.165) is 0 Å². The molecule has 0 aromatic rings. The summed E-state index contributed by atoms with van der Waals surface area (Å²) in [4.78, 5) is 21.9. The average molecular weight is 258 g/mol. The summed E-state index contributed by atoms with van der Waals surface area (Å²) in [6.07, 6.45) is 2.45. The molecule has 18 heavy (non-hydrogen) atoms. The van der Waals surface area contributed by atoms with E-state index in [4.69, 9.17) is 9.47 Å². The van der Waals surface area contributed by atoms with Crippen LogP contribution in [0.5, 0.6) is 0 Å². The third-order valence-corrected chi connectivity index (χ3v) is 2.47. The van der Waals surface area contributed by atoms with Crippen LogP contribution in [0, 0.1) is 11.8 Å². The predicted molar refractivity (Wildman–Crippen MR) is 62.1 cm³/mol. The minimum atomic E-state index is -0.678. The lowest BCUT2D eigenvalue weighted by Crippen LogP contribution is -2.29. The molecule has 0 saturated heterocycles. The van der Waals surface area contributed by atoms with Crippen molar-refractivity contribution in [3.63, 3.8) is 0 Å². The van der Waals surface area contributed by atoms with Crippen LogP contribution >= 0.6 is 0 Å². The summed E-state index contributed by atoms with van der Waals surface area (Å²) in [5, 5.41) is 0. The Balaban J connectivity index is 2.16. The molecular formula is C12H18O6. The van der Waals surface area contributed by atoms with E-state index < -0.39 is 12.3 Å². The van der Waals surface area contributed by atoms with Crippen molar-refractivity contribution in [3.05, 3.63) is 12.2 Å². The lowest BCUT2D eigenvalue weighted by Gasteiger charge is -2.28. The molecule has 6 heteroatoms. The summed E-state index contributed by atoms with van der Waals surface area (Å²) >= 11 is 0. The van der Waals surface area contributed by atoms with Crippen LogP contribution < -0.4 is 0 Å². The van der Waals surface area contributed by atoms with Crippen LogP contribution in [0.15, 0.2) is 12.2 Å². The van der Waals surface area contributed by atoms with Crippen LogP contribution in [-0.4, -0.2) is 38.7 Å². The van der Waals surface area contributed by atoms with Crippen LogP contribution in [0.1, 0.15) is 13.8 Å². The van der Waals surface area contributed by atoms with Gasteiger partial charge in [0.05, 0.1) is 13.2 Å². The van der Waals surface area contributed by atoms with Crippen LogP contribution in [-0.2, 0) is 18.9 Å². The van der Waals surface area contributed by atoms with Crippen molar-refractivity contribution in [1.82, 2.24) is 0 Å². The van der Waals surface area contributed by atoms with Crippen molar-refractivity contribution in [2.45, 2.75) is 13.8 Å².